The Morgan fingerprint density at radius 2 is 1.92 bits per heavy atom. The number of ether oxygens (including phenoxy) is 1. The van der Waals surface area contributed by atoms with Crippen LogP contribution in [0.25, 0.3) is 11.3 Å². The van der Waals surface area contributed by atoms with Crippen LogP contribution in [0.2, 0.25) is 0 Å². The highest BCUT2D eigenvalue weighted by molar-refractivity contribution is 7.98. The van der Waals surface area contributed by atoms with Gasteiger partial charge in [0.05, 0.1) is 17.3 Å². The number of halogens is 2. The summed E-state index contributed by atoms with van der Waals surface area (Å²) in [7, 11) is 0. The van der Waals surface area contributed by atoms with Crippen LogP contribution in [0.1, 0.15) is 55.9 Å². The van der Waals surface area contributed by atoms with Crippen LogP contribution in [-0.4, -0.2) is 44.6 Å². The summed E-state index contributed by atoms with van der Waals surface area (Å²) in [6, 6.07) is 9.97. The zero-order valence-electron chi connectivity index (χ0n) is 22.4. The fraction of sp³-hybridized carbons (Fsp3) is 0.448. The molecule has 1 fully saturated rings. The zero-order chi connectivity index (χ0) is 28.0. The number of thioether (sulfide) groups is 1. The van der Waals surface area contributed by atoms with Gasteiger partial charge in [-0.05, 0) is 93.7 Å². The van der Waals surface area contributed by atoms with Gasteiger partial charge < -0.3 is 15.2 Å². The number of carbonyl (C=O) groups excluding carboxylic acids is 1. The summed E-state index contributed by atoms with van der Waals surface area (Å²) < 4.78 is 31.5. The van der Waals surface area contributed by atoms with E-state index in [9.17, 15) is 18.7 Å². The molecule has 0 unspecified atom stereocenters. The molecule has 0 spiro atoms. The van der Waals surface area contributed by atoms with Crippen molar-refractivity contribution in [1.29, 1.82) is 0 Å². The van der Waals surface area contributed by atoms with Gasteiger partial charge in [0, 0.05) is 29.3 Å². The quantitative estimate of drug-likeness (QED) is 0.217. The summed E-state index contributed by atoms with van der Waals surface area (Å²) in [5.74, 6) is 1.28. The van der Waals surface area contributed by atoms with Gasteiger partial charge in [0.15, 0.2) is 0 Å². The van der Waals surface area contributed by atoms with E-state index in [2.05, 4.69) is 20.3 Å². The molecule has 3 aromatic heterocycles. The average Bonchev–Trinajstić information content (AvgIpc) is 2.93. The molecule has 4 rings (SSSR count). The maximum atomic E-state index is 13.1. The topological polar surface area (TPSA) is 97.2 Å². The van der Waals surface area contributed by atoms with Gasteiger partial charge in [0.25, 0.3) is 6.43 Å². The number of hydrogen-bond acceptors (Lipinski definition) is 8. The Hall–Kier alpha value is -3.11. The summed E-state index contributed by atoms with van der Waals surface area (Å²) >= 11 is 1.64. The van der Waals surface area contributed by atoms with E-state index in [-0.39, 0.29) is 29.2 Å². The minimum Gasteiger partial charge on any atom is -0.465 e. The summed E-state index contributed by atoms with van der Waals surface area (Å²) in [5, 5.41) is 14.4. The molecule has 1 atom stereocenters. The molecule has 2 N–H and O–H groups in total. The van der Waals surface area contributed by atoms with Crippen LogP contribution in [0.4, 0.5) is 20.4 Å². The molecule has 39 heavy (non-hydrogen) atoms. The van der Waals surface area contributed by atoms with Crippen LogP contribution in [-0.2, 0) is 15.1 Å². The summed E-state index contributed by atoms with van der Waals surface area (Å²) in [6.45, 7) is 4.13. The van der Waals surface area contributed by atoms with E-state index >= 15 is 0 Å². The van der Waals surface area contributed by atoms with Crippen LogP contribution in [0.15, 0.2) is 48.8 Å². The number of nitrogens with one attached hydrogen (secondary N) is 1. The Kier molecular flexibility index (Phi) is 9.50. The minimum absolute atomic E-state index is 0.0181. The molecule has 1 saturated carbocycles. The summed E-state index contributed by atoms with van der Waals surface area (Å²) in [5.41, 5.74) is 1.64. The van der Waals surface area contributed by atoms with Gasteiger partial charge in [-0.25, -0.2) is 18.7 Å². The Labute approximate surface area is 231 Å². The van der Waals surface area contributed by atoms with Crippen molar-refractivity contribution in [2.24, 2.45) is 11.8 Å². The Bertz CT molecular complexity index is 1270. The summed E-state index contributed by atoms with van der Waals surface area (Å²) in [6.07, 6.45) is 5.22. The minimum atomic E-state index is -2.59. The molecule has 0 bridgehead atoms. The highest BCUT2D eigenvalue weighted by atomic mass is 32.2. The van der Waals surface area contributed by atoms with Gasteiger partial charge in [-0.2, -0.15) is 11.8 Å². The Morgan fingerprint density at radius 1 is 1.15 bits per heavy atom. The van der Waals surface area contributed by atoms with Gasteiger partial charge in [-0.3, -0.25) is 9.78 Å². The number of esters is 1. The highest BCUT2D eigenvalue weighted by Gasteiger charge is 2.39. The van der Waals surface area contributed by atoms with Crippen LogP contribution in [0.3, 0.4) is 0 Å². The smallest absolute Gasteiger partial charge is 0.308 e. The van der Waals surface area contributed by atoms with E-state index in [0.29, 0.717) is 49.5 Å². The Balaban J connectivity index is 1.43. The first kappa shape index (κ1) is 28.9. The highest BCUT2D eigenvalue weighted by Crippen LogP contribution is 2.41. The number of nitrogens with zero attached hydrogens (tertiary/aromatic N) is 3. The van der Waals surface area contributed by atoms with Crippen molar-refractivity contribution in [3.05, 3.63) is 65.6 Å². The number of hydrogen-bond donors (Lipinski definition) is 2. The molecule has 0 saturated heterocycles. The third kappa shape index (κ3) is 7.30. The molecular formula is C29H34F2N4O3S. The van der Waals surface area contributed by atoms with Gasteiger partial charge >= 0.3 is 5.97 Å². The number of anilines is 2. The molecule has 208 valence electrons. The van der Waals surface area contributed by atoms with Crippen LogP contribution in [0, 0.1) is 18.8 Å². The predicted octanol–water partition coefficient (Wildman–Crippen LogP) is 6.45. The second kappa shape index (κ2) is 12.8. The second-order valence-electron chi connectivity index (χ2n) is 10.1. The molecule has 1 aliphatic rings. The number of pyridine rings is 3. The normalized spacial score (nSPS) is 18.9. The lowest BCUT2D eigenvalue weighted by molar-refractivity contribution is -0.150. The molecule has 1 aliphatic carbocycles. The van der Waals surface area contributed by atoms with Gasteiger partial charge in [0.1, 0.15) is 23.8 Å². The molecule has 0 amide bonds. The number of aliphatic hydroxyl groups is 1. The number of aryl methyl sites for hydroxylation is 1. The third-order valence-corrected chi connectivity index (χ3v) is 7.80. The van der Waals surface area contributed by atoms with Crippen molar-refractivity contribution >= 4 is 29.4 Å². The lowest BCUT2D eigenvalue weighted by Gasteiger charge is -2.37. The van der Waals surface area contributed by atoms with Crippen molar-refractivity contribution in [2.45, 2.75) is 51.6 Å². The molecule has 3 heterocycles. The number of rotatable bonds is 10. The van der Waals surface area contributed by atoms with Crippen molar-refractivity contribution in [1.82, 2.24) is 15.0 Å². The van der Waals surface area contributed by atoms with Gasteiger partial charge in [0.2, 0.25) is 0 Å². The molecule has 7 nitrogen and oxygen atoms in total. The maximum Gasteiger partial charge on any atom is 0.308 e. The largest absolute Gasteiger partial charge is 0.465 e. The Morgan fingerprint density at radius 3 is 2.59 bits per heavy atom. The molecule has 0 aliphatic heterocycles. The first-order valence-electron chi connectivity index (χ1n) is 13.0. The van der Waals surface area contributed by atoms with Crippen molar-refractivity contribution in [3.63, 3.8) is 0 Å². The second-order valence-corrected chi connectivity index (χ2v) is 11.1. The van der Waals surface area contributed by atoms with Crippen LogP contribution in [0.5, 0.6) is 0 Å². The number of aromatic nitrogens is 3. The van der Waals surface area contributed by atoms with Gasteiger partial charge in [-0.1, -0.05) is 0 Å². The number of carbonyl (C=O) groups is 1. The van der Waals surface area contributed by atoms with Gasteiger partial charge in [-0.15, -0.1) is 0 Å². The van der Waals surface area contributed by atoms with E-state index < -0.39 is 12.0 Å². The monoisotopic (exact) mass is 556 g/mol. The maximum absolute atomic E-state index is 13.1. The number of alkyl halides is 2. The molecule has 3 aromatic rings. The third-order valence-electron chi connectivity index (χ3n) is 7.23. The van der Waals surface area contributed by atoms with Crippen molar-refractivity contribution < 1.29 is 23.4 Å². The fourth-order valence-corrected chi connectivity index (χ4v) is 5.20. The van der Waals surface area contributed by atoms with E-state index in [1.54, 1.807) is 24.9 Å². The van der Waals surface area contributed by atoms with Crippen molar-refractivity contribution in [2.75, 3.05) is 23.9 Å². The zero-order valence-corrected chi connectivity index (χ0v) is 23.2. The molecular weight excluding hydrogens is 522 g/mol. The van der Waals surface area contributed by atoms with E-state index in [1.807, 2.05) is 37.4 Å². The van der Waals surface area contributed by atoms with Crippen LogP contribution < -0.4 is 5.32 Å². The standard InChI is InChI=1S/C29H34F2N4O3S/c1-18-14-23(34-26(15-18)35-25-16-20(27(30)31)10-11-32-25)21-6-9-24(33-17-21)29(2,37)22-7-4-19(5-8-22)28(36)38-12-13-39-3/h6,9-11,14-17,19,22,27,37H,4-5,7-8,12-13H2,1-3H3,(H,32,34,35)/t19?,22?,29-/m1/s1. The molecule has 10 heteroatoms. The first-order valence-corrected chi connectivity index (χ1v) is 14.4. The fourth-order valence-electron chi connectivity index (χ4n) is 4.95. The predicted molar refractivity (Wildman–Crippen MR) is 149 cm³/mol. The van der Waals surface area contributed by atoms with E-state index in [1.165, 1.54) is 18.3 Å². The van der Waals surface area contributed by atoms with E-state index in [4.69, 9.17) is 4.74 Å². The molecule has 0 aromatic carbocycles. The van der Waals surface area contributed by atoms with Crippen molar-refractivity contribution in [3.8, 4) is 11.3 Å². The first-order chi connectivity index (χ1) is 18.7. The summed E-state index contributed by atoms with van der Waals surface area (Å²) in [4.78, 5) is 25.6. The SMILES string of the molecule is CSCCOC(=O)C1CCC([C@@](C)(O)c2ccc(-c3cc(C)cc(Nc4cc(C(F)F)ccn4)n3)cn2)CC1. The lowest BCUT2D eigenvalue weighted by atomic mass is 9.73. The average molecular weight is 557 g/mol. The van der Waals surface area contributed by atoms with E-state index in [0.717, 1.165) is 16.9 Å². The molecule has 0 radical (unpaired) electrons. The van der Waals surface area contributed by atoms with Crippen LogP contribution >= 0.6 is 11.8 Å². The lowest BCUT2D eigenvalue weighted by Crippen LogP contribution is -2.37.